The molecule has 2 rings (SSSR count). The highest BCUT2D eigenvalue weighted by molar-refractivity contribution is 8.00. The Morgan fingerprint density at radius 3 is 2.63 bits per heavy atom. The normalized spacial score (nSPS) is 18.6. The van der Waals surface area contributed by atoms with Crippen molar-refractivity contribution in [2.75, 3.05) is 26.0 Å². The smallest absolute Gasteiger partial charge is 0.242 e. The van der Waals surface area contributed by atoms with Crippen molar-refractivity contribution in [3.8, 4) is 0 Å². The molecule has 1 unspecified atom stereocenters. The zero-order valence-corrected chi connectivity index (χ0v) is 11.9. The van der Waals surface area contributed by atoms with Gasteiger partial charge in [0.15, 0.2) is 0 Å². The van der Waals surface area contributed by atoms with E-state index in [1.165, 1.54) is 0 Å². The summed E-state index contributed by atoms with van der Waals surface area (Å²) in [7, 11) is 1.79. The van der Waals surface area contributed by atoms with E-state index in [2.05, 4.69) is 5.32 Å². The summed E-state index contributed by atoms with van der Waals surface area (Å²) in [6, 6.07) is 9.68. The monoisotopic (exact) mass is 280 g/mol. The molecule has 3 N–H and O–H groups in total. The van der Waals surface area contributed by atoms with Gasteiger partial charge in [0.1, 0.15) is 5.54 Å². The molecule has 1 aromatic rings. The van der Waals surface area contributed by atoms with Gasteiger partial charge in [0.05, 0.1) is 18.5 Å². The summed E-state index contributed by atoms with van der Waals surface area (Å²) >= 11 is 1.84. The number of likely N-dealkylation sites (N-methyl/N-ethyl adjacent to an activating group) is 1. The summed E-state index contributed by atoms with van der Waals surface area (Å²) in [5.74, 6) is 0.554. The fraction of sp³-hybridized carbons (Fsp3) is 0.500. The second kappa shape index (κ2) is 6.41. The largest absolute Gasteiger partial charge is 0.379 e. The van der Waals surface area contributed by atoms with Crippen LogP contribution in [0.1, 0.15) is 12.0 Å². The molecule has 0 radical (unpaired) electrons. The Morgan fingerprint density at radius 2 is 2.16 bits per heavy atom. The molecule has 5 heteroatoms. The topological polar surface area (TPSA) is 64.3 Å². The van der Waals surface area contributed by atoms with Gasteiger partial charge in [-0.1, -0.05) is 30.3 Å². The van der Waals surface area contributed by atoms with Gasteiger partial charge in [0, 0.05) is 0 Å². The SMILES string of the molecule is CNC(CCSC1COC1)(C(N)=O)c1ccccc1. The van der Waals surface area contributed by atoms with E-state index >= 15 is 0 Å². The standard InChI is InChI=1S/C14H20N2O2S/c1-16-14(13(15)17,11-5-3-2-4-6-11)7-8-19-12-9-18-10-12/h2-6,12,16H,7-10H2,1H3,(H2,15,17). The third-order valence-corrected chi connectivity index (χ3v) is 4.74. The number of hydrogen-bond donors (Lipinski definition) is 2. The van der Waals surface area contributed by atoms with Crippen molar-refractivity contribution in [1.29, 1.82) is 0 Å². The average molecular weight is 280 g/mol. The maximum Gasteiger partial charge on any atom is 0.242 e. The van der Waals surface area contributed by atoms with Gasteiger partial charge in [-0.2, -0.15) is 11.8 Å². The van der Waals surface area contributed by atoms with E-state index in [1.54, 1.807) is 7.05 Å². The third kappa shape index (κ3) is 3.11. The molecular formula is C14H20N2O2S. The fourth-order valence-electron chi connectivity index (χ4n) is 2.21. The highest BCUT2D eigenvalue weighted by Crippen LogP contribution is 2.29. The van der Waals surface area contributed by atoms with Crippen LogP contribution in [0.2, 0.25) is 0 Å². The lowest BCUT2D eigenvalue weighted by atomic mass is 9.86. The van der Waals surface area contributed by atoms with Crippen LogP contribution in [0.15, 0.2) is 30.3 Å². The highest BCUT2D eigenvalue weighted by atomic mass is 32.2. The van der Waals surface area contributed by atoms with Gasteiger partial charge < -0.3 is 15.8 Å². The van der Waals surface area contributed by atoms with E-state index in [-0.39, 0.29) is 5.91 Å². The number of carbonyl (C=O) groups is 1. The van der Waals surface area contributed by atoms with Crippen molar-refractivity contribution < 1.29 is 9.53 Å². The highest BCUT2D eigenvalue weighted by Gasteiger charge is 2.36. The molecule has 0 aliphatic carbocycles. The van der Waals surface area contributed by atoms with Crippen molar-refractivity contribution >= 4 is 17.7 Å². The third-order valence-electron chi connectivity index (χ3n) is 3.55. The molecule has 1 aliphatic rings. The number of primary amides is 1. The van der Waals surface area contributed by atoms with Gasteiger partial charge >= 0.3 is 0 Å². The predicted molar refractivity (Wildman–Crippen MR) is 78.1 cm³/mol. The first-order valence-corrected chi connectivity index (χ1v) is 7.47. The Kier molecular flexibility index (Phi) is 4.85. The predicted octanol–water partition coefficient (Wildman–Crippen LogP) is 1.11. The molecule has 4 nitrogen and oxygen atoms in total. The molecule has 1 aromatic carbocycles. The molecule has 1 heterocycles. The number of carbonyl (C=O) groups excluding carboxylic acids is 1. The molecule has 0 spiro atoms. The zero-order chi connectivity index (χ0) is 13.7. The molecule has 1 atom stereocenters. The number of thioether (sulfide) groups is 1. The van der Waals surface area contributed by atoms with Crippen LogP contribution in [0.3, 0.4) is 0 Å². The minimum Gasteiger partial charge on any atom is -0.379 e. The second-order valence-corrected chi connectivity index (χ2v) is 6.07. The van der Waals surface area contributed by atoms with Gasteiger partial charge in [-0.3, -0.25) is 4.79 Å². The van der Waals surface area contributed by atoms with Crippen molar-refractivity contribution in [2.45, 2.75) is 17.2 Å². The summed E-state index contributed by atoms with van der Waals surface area (Å²) in [4.78, 5) is 11.9. The van der Waals surface area contributed by atoms with Crippen LogP contribution in [0, 0.1) is 0 Å². The Hall–Kier alpha value is -1.04. The number of rotatable bonds is 7. The van der Waals surface area contributed by atoms with Gasteiger partial charge in [-0.25, -0.2) is 0 Å². The van der Waals surface area contributed by atoms with Crippen LogP contribution < -0.4 is 11.1 Å². The first-order valence-electron chi connectivity index (χ1n) is 6.43. The summed E-state index contributed by atoms with van der Waals surface area (Å²) in [5, 5.41) is 3.69. The van der Waals surface area contributed by atoms with Crippen LogP contribution in [0.25, 0.3) is 0 Å². The molecule has 1 fully saturated rings. The summed E-state index contributed by atoms with van der Waals surface area (Å²) in [6.45, 7) is 1.64. The lowest BCUT2D eigenvalue weighted by molar-refractivity contribution is -0.124. The number of nitrogens with one attached hydrogen (secondary N) is 1. The Labute approximate surface area is 118 Å². The van der Waals surface area contributed by atoms with Gasteiger partial charge in [0.2, 0.25) is 5.91 Å². The van der Waals surface area contributed by atoms with Crippen molar-refractivity contribution in [2.24, 2.45) is 5.73 Å². The molecule has 0 saturated carbocycles. The van der Waals surface area contributed by atoms with E-state index in [4.69, 9.17) is 10.5 Å². The minimum absolute atomic E-state index is 0.327. The lowest BCUT2D eigenvalue weighted by Gasteiger charge is -2.32. The molecule has 1 amide bonds. The van der Waals surface area contributed by atoms with E-state index < -0.39 is 5.54 Å². The molecule has 0 aromatic heterocycles. The Morgan fingerprint density at radius 1 is 1.47 bits per heavy atom. The number of hydrogen-bond acceptors (Lipinski definition) is 4. The average Bonchev–Trinajstić information content (AvgIpc) is 2.38. The summed E-state index contributed by atoms with van der Waals surface area (Å²) < 4.78 is 5.15. The zero-order valence-electron chi connectivity index (χ0n) is 11.1. The number of amides is 1. The first-order chi connectivity index (χ1) is 9.19. The minimum atomic E-state index is -0.779. The second-order valence-electron chi connectivity index (χ2n) is 4.67. The Bertz CT molecular complexity index is 423. The van der Waals surface area contributed by atoms with Crippen LogP contribution in [0.5, 0.6) is 0 Å². The van der Waals surface area contributed by atoms with Crippen molar-refractivity contribution in [3.05, 3.63) is 35.9 Å². The van der Waals surface area contributed by atoms with E-state index in [1.807, 2.05) is 42.1 Å². The van der Waals surface area contributed by atoms with Crippen LogP contribution >= 0.6 is 11.8 Å². The maximum atomic E-state index is 11.9. The molecule has 1 aliphatic heterocycles. The summed E-state index contributed by atoms with van der Waals surface area (Å²) in [6.07, 6.45) is 0.685. The molecule has 104 valence electrons. The van der Waals surface area contributed by atoms with Crippen LogP contribution in [-0.4, -0.2) is 37.2 Å². The van der Waals surface area contributed by atoms with Crippen molar-refractivity contribution in [1.82, 2.24) is 5.32 Å². The van der Waals surface area contributed by atoms with E-state index in [9.17, 15) is 4.79 Å². The number of nitrogens with two attached hydrogens (primary N) is 1. The van der Waals surface area contributed by atoms with E-state index in [0.717, 1.165) is 24.5 Å². The Balaban J connectivity index is 2.07. The molecule has 1 saturated heterocycles. The van der Waals surface area contributed by atoms with Crippen molar-refractivity contribution in [3.63, 3.8) is 0 Å². The van der Waals surface area contributed by atoms with Gasteiger partial charge in [0.25, 0.3) is 0 Å². The van der Waals surface area contributed by atoms with Gasteiger partial charge in [-0.15, -0.1) is 0 Å². The molecule has 19 heavy (non-hydrogen) atoms. The fourth-order valence-corrected chi connectivity index (χ4v) is 3.36. The van der Waals surface area contributed by atoms with Crippen LogP contribution in [0.4, 0.5) is 0 Å². The number of ether oxygens (including phenoxy) is 1. The molecule has 0 bridgehead atoms. The quantitative estimate of drug-likeness (QED) is 0.785. The first kappa shape index (κ1) is 14.4. The molecular weight excluding hydrogens is 260 g/mol. The lowest BCUT2D eigenvalue weighted by Crippen LogP contribution is -2.51. The van der Waals surface area contributed by atoms with Gasteiger partial charge in [-0.05, 0) is 24.8 Å². The van der Waals surface area contributed by atoms with Crippen LogP contribution in [-0.2, 0) is 15.1 Å². The summed E-state index contributed by atoms with van der Waals surface area (Å²) in [5.41, 5.74) is 5.79. The maximum absolute atomic E-state index is 11.9. The van der Waals surface area contributed by atoms with E-state index in [0.29, 0.717) is 11.7 Å². The number of benzene rings is 1.